The van der Waals surface area contributed by atoms with E-state index >= 15 is 0 Å². The van der Waals surface area contributed by atoms with Crippen LogP contribution in [0.1, 0.15) is 32.6 Å². The van der Waals surface area contributed by atoms with Gasteiger partial charge < -0.3 is 10.6 Å². The molecule has 2 aliphatic carbocycles. The monoisotopic (exact) mass is 310 g/mol. The fraction of sp³-hybridized carbons (Fsp3) is 0.692. The minimum atomic E-state index is 0.586. The summed E-state index contributed by atoms with van der Waals surface area (Å²) in [6, 6.07) is 0. The van der Waals surface area contributed by atoms with Crippen LogP contribution in [-0.4, -0.2) is 23.1 Å². The smallest absolute Gasteiger partial charge is 0.224 e. The molecule has 5 heteroatoms. The van der Waals surface area contributed by atoms with E-state index in [2.05, 4.69) is 36.5 Å². The maximum absolute atomic E-state index is 4.49. The Labute approximate surface area is 116 Å². The van der Waals surface area contributed by atoms with Gasteiger partial charge in [0.1, 0.15) is 5.82 Å². The Morgan fingerprint density at radius 3 is 2.78 bits per heavy atom. The number of halogens is 1. The number of nitrogens with one attached hydrogen (secondary N) is 2. The summed E-state index contributed by atoms with van der Waals surface area (Å²) in [4.78, 5) is 8.72. The van der Waals surface area contributed by atoms with Gasteiger partial charge >= 0.3 is 0 Å². The van der Waals surface area contributed by atoms with Crippen molar-refractivity contribution in [3.63, 3.8) is 0 Å². The zero-order valence-electron chi connectivity index (χ0n) is 10.7. The standard InChI is InChI=1S/C13H19BrN4/c1-2-15-12-16-7-10(14)11(18-12)17-8-13(5-6-13)9-3-4-9/h7,9H,2-6,8H2,1H3,(H2,15,16,17,18). The van der Waals surface area contributed by atoms with Crippen molar-refractivity contribution in [1.82, 2.24) is 9.97 Å². The lowest BCUT2D eigenvalue weighted by atomic mass is 10.0. The average Bonchev–Trinajstić information content (AvgIpc) is 3.23. The molecule has 1 aromatic heterocycles. The van der Waals surface area contributed by atoms with Crippen LogP contribution < -0.4 is 10.6 Å². The number of hydrogen-bond acceptors (Lipinski definition) is 4. The molecule has 0 saturated heterocycles. The Morgan fingerprint density at radius 1 is 1.39 bits per heavy atom. The molecule has 2 aliphatic rings. The van der Waals surface area contributed by atoms with Crippen LogP contribution >= 0.6 is 15.9 Å². The van der Waals surface area contributed by atoms with Crippen LogP contribution in [0.2, 0.25) is 0 Å². The zero-order valence-corrected chi connectivity index (χ0v) is 12.3. The molecule has 0 spiro atoms. The van der Waals surface area contributed by atoms with Crippen molar-refractivity contribution in [2.45, 2.75) is 32.6 Å². The topological polar surface area (TPSA) is 49.8 Å². The van der Waals surface area contributed by atoms with Gasteiger partial charge in [-0.05, 0) is 59.9 Å². The third-order valence-electron chi connectivity index (χ3n) is 4.02. The molecule has 0 bridgehead atoms. The first kappa shape index (κ1) is 12.2. The van der Waals surface area contributed by atoms with Crippen LogP contribution in [0, 0.1) is 11.3 Å². The summed E-state index contributed by atoms with van der Waals surface area (Å²) in [5.41, 5.74) is 0.586. The van der Waals surface area contributed by atoms with Gasteiger partial charge in [0.15, 0.2) is 0 Å². The van der Waals surface area contributed by atoms with Crippen molar-refractivity contribution in [1.29, 1.82) is 0 Å². The molecule has 2 saturated carbocycles. The number of rotatable bonds is 6. The summed E-state index contributed by atoms with van der Waals surface area (Å²) in [5.74, 6) is 2.58. The molecule has 1 aromatic rings. The van der Waals surface area contributed by atoms with Gasteiger partial charge in [-0.2, -0.15) is 4.98 Å². The Bertz CT molecular complexity index is 441. The number of anilines is 2. The van der Waals surface area contributed by atoms with E-state index in [4.69, 9.17) is 0 Å². The molecule has 0 aromatic carbocycles. The molecular formula is C13H19BrN4. The van der Waals surface area contributed by atoms with Crippen molar-refractivity contribution in [2.75, 3.05) is 23.7 Å². The van der Waals surface area contributed by atoms with Crippen molar-refractivity contribution < 1.29 is 0 Å². The van der Waals surface area contributed by atoms with E-state index < -0.39 is 0 Å². The predicted molar refractivity (Wildman–Crippen MR) is 76.8 cm³/mol. The molecule has 2 N–H and O–H groups in total. The van der Waals surface area contributed by atoms with Crippen LogP contribution in [-0.2, 0) is 0 Å². The van der Waals surface area contributed by atoms with E-state index in [9.17, 15) is 0 Å². The molecule has 98 valence electrons. The maximum Gasteiger partial charge on any atom is 0.224 e. The summed E-state index contributed by atoms with van der Waals surface area (Å²) >= 11 is 3.51. The first-order valence-electron chi connectivity index (χ1n) is 6.74. The van der Waals surface area contributed by atoms with Gasteiger partial charge in [-0.25, -0.2) is 4.98 Å². The van der Waals surface area contributed by atoms with E-state index in [1.54, 1.807) is 0 Å². The third kappa shape index (κ3) is 2.46. The normalized spacial score (nSPS) is 20.6. The largest absolute Gasteiger partial charge is 0.368 e. The zero-order chi connectivity index (χ0) is 12.6. The van der Waals surface area contributed by atoms with Crippen LogP contribution in [0.15, 0.2) is 10.7 Å². The van der Waals surface area contributed by atoms with Crippen LogP contribution in [0.5, 0.6) is 0 Å². The summed E-state index contributed by atoms with van der Waals surface area (Å²) in [7, 11) is 0. The summed E-state index contributed by atoms with van der Waals surface area (Å²) < 4.78 is 0.941. The third-order valence-corrected chi connectivity index (χ3v) is 4.60. The maximum atomic E-state index is 4.49. The predicted octanol–water partition coefficient (Wildman–Crippen LogP) is 3.27. The Balaban J connectivity index is 1.66. The van der Waals surface area contributed by atoms with Crippen molar-refractivity contribution in [2.24, 2.45) is 11.3 Å². The molecule has 0 aliphatic heterocycles. The van der Waals surface area contributed by atoms with Crippen molar-refractivity contribution >= 4 is 27.7 Å². The minimum Gasteiger partial charge on any atom is -0.368 e. The highest BCUT2D eigenvalue weighted by atomic mass is 79.9. The van der Waals surface area contributed by atoms with Gasteiger partial charge in [-0.1, -0.05) is 0 Å². The van der Waals surface area contributed by atoms with E-state index in [0.717, 1.165) is 29.3 Å². The fourth-order valence-corrected chi connectivity index (χ4v) is 2.91. The Hall–Kier alpha value is -0.840. The average molecular weight is 311 g/mol. The van der Waals surface area contributed by atoms with Gasteiger partial charge in [-0.3, -0.25) is 0 Å². The van der Waals surface area contributed by atoms with Gasteiger partial charge in [-0.15, -0.1) is 0 Å². The first-order valence-corrected chi connectivity index (χ1v) is 7.53. The fourth-order valence-electron chi connectivity index (χ4n) is 2.58. The molecule has 1 heterocycles. The number of nitrogens with zero attached hydrogens (tertiary/aromatic N) is 2. The molecular weight excluding hydrogens is 292 g/mol. The first-order chi connectivity index (χ1) is 8.73. The number of aromatic nitrogens is 2. The van der Waals surface area contributed by atoms with Crippen LogP contribution in [0.4, 0.5) is 11.8 Å². The SMILES string of the molecule is CCNc1ncc(Br)c(NCC2(C3CC3)CC2)n1. The summed E-state index contributed by atoms with van der Waals surface area (Å²) in [5, 5.41) is 6.64. The molecule has 2 fully saturated rings. The quantitative estimate of drug-likeness (QED) is 0.846. The number of hydrogen-bond donors (Lipinski definition) is 2. The summed E-state index contributed by atoms with van der Waals surface area (Å²) in [6.07, 6.45) is 7.43. The van der Waals surface area contributed by atoms with Crippen LogP contribution in [0.25, 0.3) is 0 Å². The highest BCUT2D eigenvalue weighted by Crippen LogP contribution is 2.61. The molecule has 4 nitrogen and oxygen atoms in total. The second kappa shape index (κ2) is 4.68. The molecule has 0 amide bonds. The molecule has 18 heavy (non-hydrogen) atoms. The molecule has 0 radical (unpaired) electrons. The second-order valence-electron chi connectivity index (χ2n) is 5.41. The van der Waals surface area contributed by atoms with E-state index in [0.29, 0.717) is 11.4 Å². The van der Waals surface area contributed by atoms with E-state index in [-0.39, 0.29) is 0 Å². The Morgan fingerprint density at radius 2 is 2.17 bits per heavy atom. The van der Waals surface area contributed by atoms with Crippen molar-refractivity contribution in [3.05, 3.63) is 10.7 Å². The van der Waals surface area contributed by atoms with Gasteiger partial charge in [0.2, 0.25) is 5.95 Å². The highest BCUT2D eigenvalue weighted by molar-refractivity contribution is 9.10. The minimum absolute atomic E-state index is 0.586. The molecule has 3 rings (SSSR count). The van der Waals surface area contributed by atoms with E-state index in [1.165, 1.54) is 25.7 Å². The lowest BCUT2D eigenvalue weighted by Gasteiger charge is -2.16. The van der Waals surface area contributed by atoms with E-state index in [1.807, 2.05) is 13.1 Å². The lowest BCUT2D eigenvalue weighted by Crippen LogP contribution is -2.18. The molecule has 0 atom stereocenters. The second-order valence-corrected chi connectivity index (χ2v) is 6.27. The summed E-state index contributed by atoms with van der Waals surface area (Å²) in [6.45, 7) is 3.94. The lowest BCUT2D eigenvalue weighted by molar-refractivity contribution is 0.466. The van der Waals surface area contributed by atoms with Gasteiger partial charge in [0.25, 0.3) is 0 Å². The van der Waals surface area contributed by atoms with Crippen molar-refractivity contribution in [3.8, 4) is 0 Å². The molecule has 0 unspecified atom stereocenters. The van der Waals surface area contributed by atoms with Gasteiger partial charge in [0, 0.05) is 19.3 Å². The van der Waals surface area contributed by atoms with Crippen LogP contribution in [0.3, 0.4) is 0 Å². The Kier molecular flexibility index (Phi) is 3.18. The highest BCUT2D eigenvalue weighted by Gasteiger charge is 2.53. The van der Waals surface area contributed by atoms with Gasteiger partial charge in [0.05, 0.1) is 4.47 Å².